The maximum atomic E-state index is 12.9. The van der Waals surface area contributed by atoms with Crippen molar-refractivity contribution in [2.24, 2.45) is 5.73 Å². The van der Waals surface area contributed by atoms with Gasteiger partial charge in [-0.1, -0.05) is 6.08 Å². The minimum absolute atomic E-state index is 0.347. The molecule has 0 amide bonds. The van der Waals surface area contributed by atoms with E-state index in [9.17, 15) is 4.39 Å². The molecule has 1 aromatic rings. The molecule has 1 unspecified atom stereocenters. The van der Waals surface area contributed by atoms with Gasteiger partial charge < -0.3 is 5.73 Å². The monoisotopic (exact) mass is 230 g/mol. The smallest absolute Gasteiger partial charge is 0.218 e. The lowest BCUT2D eigenvalue weighted by molar-refractivity contribution is 0.559. The zero-order chi connectivity index (χ0) is 9.14. The molecule has 1 atom stereocenters. The van der Waals surface area contributed by atoms with Gasteiger partial charge in [0.1, 0.15) is 0 Å². The number of halogens is 2. The Kier molecular flexibility index (Phi) is 2.94. The lowest BCUT2D eigenvalue weighted by Crippen LogP contribution is -2.09. The van der Waals surface area contributed by atoms with Crippen molar-refractivity contribution in [2.45, 2.75) is 6.04 Å². The Labute approximate surface area is 78.4 Å². The Morgan fingerprint density at radius 2 is 2.42 bits per heavy atom. The molecule has 1 heterocycles. The molecule has 0 saturated heterocycles. The first-order valence-electron chi connectivity index (χ1n) is 3.34. The Balaban J connectivity index is 3.12. The van der Waals surface area contributed by atoms with Crippen LogP contribution in [0.3, 0.4) is 0 Å². The predicted molar refractivity (Wildman–Crippen MR) is 49.0 cm³/mol. The molecule has 0 aromatic carbocycles. The van der Waals surface area contributed by atoms with Crippen molar-refractivity contribution in [2.75, 3.05) is 0 Å². The van der Waals surface area contributed by atoms with Crippen LogP contribution < -0.4 is 5.73 Å². The topological polar surface area (TPSA) is 38.9 Å². The molecule has 4 heteroatoms. The first-order chi connectivity index (χ1) is 5.65. The van der Waals surface area contributed by atoms with E-state index in [0.717, 1.165) is 0 Å². The number of pyridine rings is 1. The number of hydrogen-bond acceptors (Lipinski definition) is 2. The van der Waals surface area contributed by atoms with Crippen LogP contribution in [0.4, 0.5) is 4.39 Å². The number of rotatable bonds is 2. The fourth-order valence-corrected chi connectivity index (χ4v) is 1.15. The molecule has 0 spiro atoms. The standard InChI is InChI=1S/C8H8BrFN2/c1-2-7(11)6-3-5(9)4-12-8(6)10/h2-4,7H,1,11H2. The quantitative estimate of drug-likeness (QED) is 0.625. The fraction of sp³-hybridized carbons (Fsp3) is 0.125. The zero-order valence-electron chi connectivity index (χ0n) is 6.30. The van der Waals surface area contributed by atoms with Crippen molar-refractivity contribution < 1.29 is 4.39 Å². The summed E-state index contributed by atoms with van der Waals surface area (Å²) in [4.78, 5) is 3.51. The molecule has 0 fully saturated rings. The number of nitrogens with zero attached hydrogens (tertiary/aromatic N) is 1. The first-order valence-corrected chi connectivity index (χ1v) is 4.13. The summed E-state index contributed by atoms with van der Waals surface area (Å²) < 4.78 is 13.7. The molecule has 0 radical (unpaired) electrons. The molecule has 0 aliphatic rings. The van der Waals surface area contributed by atoms with Gasteiger partial charge in [0.05, 0.1) is 6.04 Å². The summed E-state index contributed by atoms with van der Waals surface area (Å²) in [6.45, 7) is 3.47. The summed E-state index contributed by atoms with van der Waals surface area (Å²) in [6, 6.07) is 1.09. The van der Waals surface area contributed by atoms with Gasteiger partial charge in [-0.25, -0.2) is 4.98 Å². The SMILES string of the molecule is C=CC(N)c1cc(Br)cnc1F. The highest BCUT2D eigenvalue weighted by atomic mass is 79.9. The van der Waals surface area contributed by atoms with E-state index < -0.39 is 12.0 Å². The molecule has 12 heavy (non-hydrogen) atoms. The minimum Gasteiger partial charge on any atom is -0.321 e. The zero-order valence-corrected chi connectivity index (χ0v) is 7.88. The third-order valence-electron chi connectivity index (χ3n) is 1.45. The van der Waals surface area contributed by atoms with Crippen molar-refractivity contribution in [1.29, 1.82) is 0 Å². The van der Waals surface area contributed by atoms with Gasteiger partial charge in [-0.05, 0) is 22.0 Å². The Bertz CT molecular complexity index is 301. The molecule has 1 aromatic heterocycles. The maximum absolute atomic E-state index is 12.9. The average Bonchev–Trinajstić information content (AvgIpc) is 2.08. The summed E-state index contributed by atoms with van der Waals surface area (Å²) in [5.41, 5.74) is 5.89. The average molecular weight is 231 g/mol. The molecule has 2 N–H and O–H groups in total. The van der Waals surface area contributed by atoms with Gasteiger partial charge in [0, 0.05) is 16.2 Å². The normalized spacial score (nSPS) is 12.6. The minimum atomic E-state index is -0.550. The summed E-state index contributed by atoms with van der Waals surface area (Å²) >= 11 is 3.17. The summed E-state index contributed by atoms with van der Waals surface area (Å²) in [5.74, 6) is -0.550. The second-order valence-electron chi connectivity index (χ2n) is 2.30. The first kappa shape index (κ1) is 9.35. The van der Waals surface area contributed by atoms with Crippen LogP contribution in [-0.2, 0) is 0 Å². The summed E-state index contributed by atoms with van der Waals surface area (Å²) in [5, 5.41) is 0. The molecule has 64 valence electrons. The Morgan fingerprint density at radius 3 is 3.00 bits per heavy atom. The Morgan fingerprint density at radius 1 is 1.75 bits per heavy atom. The molecule has 0 aliphatic heterocycles. The van der Waals surface area contributed by atoms with Gasteiger partial charge in [0.2, 0.25) is 5.95 Å². The van der Waals surface area contributed by atoms with Crippen molar-refractivity contribution in [3.8, 4) is 0 Å². The number of aromatic nitrogens is 1. The van der Waals surface area contributed by atoms with Crippen LogP contribution in [-0.4, -0.2) is 4.98 Å². The van der Waals surface area contributed by atoms with E-state index in [1.54, 1.807) is 6.07 Å². The fourth-order valence-electron chi connectivity index (χ4n) is 0.799. The third-order valence-corrected chi connectivity index (χ3v) is 1.88. The van der Waals surface area contributed by atoms with Crippen LogP contribution in [0.2, 0.25) is 0 Å². The van der Waals surface area contributed by atoms with Crippen molar-refractivity contribution in [3.63, 3.8) is 0 Å². The van der Waals surface area contributed by atoms with Gasteiger partial charge in [0.15, 0.2) is 0 Å². The van der Waals surface area contributed by atoms with Gasteiger partial charge in [0.25, 0.3) is 0 Å². The van der Waals surface area contributed by atoms with Crippen LogP contribution in [0.25, 0.3) is 0 Å². The van der Waals surface area contributed by atoms with Crippen molar-refractivity contribution in [1.82, 2.24) is 4.98 Å². The van der Waals surface area contributed by atoms with E-state index in [1.807, 2.05) is 0 Å². The molecule has 0 aliphatic carbocycles. The summed E-state index contributed by atoms with van der Waals surface area (Å²) in [7, 11) is 0. The third kappa shape index (κ3) is 1.89. The maximum Gasteiger partial charge on any atom is 0.218 e. The molecule has 1 rings (SSSR count). The van der Waals surface area contributed by atoms with Crippen molar-refractivity contribution >= 4 is 15.9 Å². The number of hydrogen-bond donors (Lipinski definition) is 1. The highest BCUT2D eigenvalue weighted by Crippen LogP contribution is 2.18. The summed E-state index contributed by atoms with van der Waals surface area (Å²) in [6.07, 6.45) is 2.85. The van der Waals surface area contributed by atoms with Crippen LogP contribution in [0.1, 0.15) is 11.6 Å². The van der Waals surface area contributed by atoms with Crippen LogP contribution in [0, 0.1) is 5.95 Å². The molecule has 0 saturated carbocycles. The lowest BCUT2D eigenvalue weighted by atomic mass is 10.1. The van der Waals surface area contributed by atoms with Gasteiger partial charge in [-0.2, -0.15) is 4.39 Å². The predicted octanol–water partition coefficient (Wildman–Crippen LogP) is 2.17. The van der Waals surface area contributed by atoms with E-state index >= 15 is 0 Å². The highest BCUT2D eigenvalue weighted by molar-refractivity contribution is 9.10. The largest absolute Gasteiger partial charge is 0.321 e. The Hall–Kier alpha value is -0.740. The van der Waals surface area contributed by atoms with Crippen molar-refractivity contribution in [3.05, 3.63) is 40.9 Å². The van der Waals surface area contributed by atoms with E-state index in [-0.39, 0.29) is 0 Å². The molecule has 2 nitrogen and oxygen atoms in total. The van der Waals surface area contributed by atoms with Crippen LogP contribution >= 0.6 is 15.9 Å². The number of nitrogens with two attached hydrogens (primary N) is 1. The van der Waals surface area contributed by atoms with E-state index in [1.165, 1.54) is 12.3 Å². The lowest BCUT2D eigenvalue weighted by Gasteiger charge is -2.06. The van der Waals surface area contributed by atoms with E-state index in [2.05, 4.69) is 27.5 Å². The van der Waals surface area contributed by atoms with E-state index in [0.29, 0.717) is 10.0 Å². The highest BCUT2D eigenvalue weighted by Gasteiger charge is 2.09. The van der Waals surface area contributed by atoms with E-state index in [4.69, 9.17) is 5.73 Å². The van der Waals surface area contributed by atoms with Crippen LogP contribution in [0.5, 0.6) is 0 Å². The second kappa shape index (κ2) is 3.78. The second-order valence-corrected chi connectivity index (χ2v) is 3.21. The molecular weight excluding hydrogens is 223 g/mol. The van der Waals surface area contributed by atoms with Gasteiger partial charge in [-0.15, -0.1) is 6.58 Å². The van der Waals surface area contributed by atoms with Gasteiger partial charge >= 0.3 is 0 Å². The molecule has 0 bridgehead atoms. The van der Waals surface area contributed by atoms with Gasteiger partial charge in [-0.3, -0.25) is 0 Å². The molecular formula is C8H8BrFN2. The van der Waals surface area contributed by atoms with Crippen LogP contribution in [0.15, 0.2) is 29.4 Å².